The molecule has 2 heterocycles. The number of benzene rings is 1. The van der Waals surface area contributed by atoms with Crippen molar-refractivity contribution in [2.24, 2.45) is 0 Å². The van der Waals surface area contributed by atoms with Crippen LogP contribution in [0.3, 0.4) is 0 Å². The number of fused-ring (bicyclic) bond motifs is 3. The molecular formula is C9H7Cl2N3S. The number of hydrogen-bond donors (Lipinski definition) is 3. The minimum absolute atomic E-state index is 0.656. The van der Waals surface area contributed by atoms with Crippen molar-refractivity contribution in [3.63, 3.8) is 0 Å². The third kappa shape index (κ3) is 1.40. The van der Waals surface area contributed by atoms with Crippen molar-refractivity contribution in [1.29, 1.82) is 0 Å². The molecule has 3 rings (SSSR count). The molecule has 0 aliphatic carbocycles. The Morgan fingerprint density at radius 1 is 1.27 bits per heavy atom. The molecule has 0 saturated heterocycles. The highest BCUT2D eigenvalue weighted by molar-refractivity contribution is 7.98. The van der Waals surface area contributed by atoms with E-state index in [9.17, 15) is 0 Å². The topological polar surface area (TPSA) is 39.9 Å². The van der Waals surface area contributed by atoms with Crippen molar-refractivity contribution >= 4 is 51.9 Å². The highest BCUT2D eigenvalue weighted by Gasteiger charge is 2.17. The SMILES string of the molecule is Clc1c[nH]c2c3c(cc(Cl)c12)CNSN3. The van der Waals surface area contributed by atoms with Crippen LogP contribution in [0.5, 0.6) is 0 Å². The van der Waals surface area contributed by atoms with Gasteiger partial charge in [-0.3, -0.25) is 0 Å². The summed E-state index contributed by atoms with van der Waals surface area (Å²) in [4.78, 5) is 3.14. The zero-order valence-corrected chi connectivity index (χ0v) is 9.85. The van der Waals surface area contributed by atoms with E-state index in [0.29, 0.717) is 10.0 Å². The van der Waals surface area contributed by atoms with Crippen LogP contribution in [0.2, 0.25) is 10.0 Å². The van der Waals surface area contributed by atoms with Crippen molar-refractivity contribution in [3.8, 4) is 0 Å². The average Bonchev–Trinajstić information content (AvgIpc) is 2.62. The van der Waals surface area contributed by atoms with Crippen molar-refractivity contribution in [1.82, 2.24) is 9.71 Å². The highest BCUT2D eigenvalue weighted by Crippen LogP contribution is 2.39. The molecule has 0 bridgehead atoms. The molecule has 0 amide bonds. The molecule has 6 heteroatoms. The van der Waals surface area contributed by atoms with Crippen LogP contribution < -0.4 is 9.44 Å². The Hall–Kier alpha value is -0.550. The number of nitrogens with one attached hydrogen (secondary N) is 3. The molecule has 0 unspecified atom stereocenters. The summed E-state index contributed by atoms with van der Waals surface area (Å²) in [5.41, 5.74) is 3.17. The second kappa shape index (κ2) is 3.49. The third-order valence-electron chi connectivity index (χ3n) is 2.43. The van der Waals surface area contributed by atoms with Gasteiger partial charge < -0.3 is 9.71 Å². The summed E-state index contributed by atoms with van der Waals surface area (Å²) in [6.07, 6.45) is 1.76. The van der Waals surface area contributed by atoms with Crippen LogP contribution in [0.25, 0.3) is 10.9 Å². The minimum atomic E-state index is 0.656. The fourth-order valence-electron chi connectivity index (χ4n) is 1.74. The lowest BCUT2D eigenvalue weighted by Gasteiger charge is -2.18. The summed E-state index contributed by atoms with van der Waals surface area (Å²) in [5, 5.41) is 2.22. The van der Waals surface area contributed by atoms with Crippen molar-refractivity contribution < 1.29 is 0 Å². The molecule has 3 N–H and O–H groups in total. The zero-order valence-electron chi connectivity index (χ0n) is 7.53. The van der Waals surface area contributed by atoms with E-state index in [4.69, 9.17) is 23.2 Å². The van der Waals surface area contributed by atoms with E-state index in [1.54, 1.807) is 6.20 Å². The second-order valence-electron chi connectivity index (χ2n) is 3.30. The Balaban J connectivity index is 2.40. The number of H-pyrrole nitrogens is 1. The summed E-state index contributed by atoms with van der Waals surface area (Å²) in [7, 11) is 0. The van der Waals surface area contributed by atoms with E-state index in [1.807, 2.05) is 6.07 Å². The number of halogens is 2. The van der Waals surface area contributed by atoms with Gasteiger partial charge in [0.25, 0.3) is 0 Å². The van der Waals surface area contributed by atoms with Crippen LogP contribution in [-0.4, -0.2) is 4.98 Å². The lowest BCUT2D eigenvalue weighted by Crippen LogP contribution is -2.14. The number of hydrogen-bond acceptors (Lipinski definition) is 3. The van der Waals surface area contributed by atoms with Crippen LogP contribution in [0, 0.1) is 0 Å². The molecule has 2 aromatic rings. The fraction of sp³-hybridized carbons (Fsp3) is 0.111. The first-order valence-electron chi connectivity index (χ1n) is 4.40. The molecular weight excluding hydrogens is 253 g/mol. The van der Waals surface area contributed by atoms with Gasteiger partial charge in [-0.25, -0.2) is 4.72 Å². The Kier molecular flexibility index (Phi) is 2.25. The first-order chi connectivity index (χ1) is 7.27. The zero-order chi connectivity index (χ0) is 10.4. The standard InChI is InChI=1S/C9H7Cl2N3S/c10-5-1-4-2-13-15-14-8(4)9-7(5)6(11)3-12-9/h1,3,12-14H,2H2. The normalized spacial score (nSPS) is 15.1. The van der Waals surface area contributed by atoms with Gasteiger partial charge in [-0.1, -0.05) is 23.2 Å². The summed E-state index contributed by atoms with van der Waals surface area (Å²) in [5.74, 6) is 0. The molecule has 0 radical (unpaired) electrons. The van der Waals surface area contributed by atoms with E-state index in [2.05, 4.69) is 14.4 Å². The number of rotatable bonds is 0. The molecule has 0 fully saturated rings. The van der Waals surface area contributed by atoms with Gasteiger partial charge in [-0.15, -0.1) is 0 Å². The minimum Gasteiger partial charge on any atom is -0.358 e. The Morgan fingerprint density at radius 2 is 2.13 bits per heavy atom. The maximum absolute atomic E-state index is 6.17. The van der Waals surface area contributed by atoms with Crippen LogP contribution in [0.4, 0.5) is 5.69 Å². The number of aromatic nitrogens is 1. The second-order valence-corrected chi connectivity index (χ2v) is 4.82. The van der Waals surface area contributed by atoms with Gasteiger partial charge in [0.2, 0.25) is 0 Å². The van der Waals surface area contributed by atoms with E-state index >= 15 is 0 Å². The summed E-state index contributed by atoms with van der Waals surface area (Å²) in [6.45, 7) is 0.791. The van der Waals surface area contributed by atoms with Crippen LogP contribution in [-0.2, 0) is 6.54 Å². The van der Waals surface area contributed by atoms with Gasteiger partial charge in [0.05, 0.1) is 21.2 Å². The molecule has 3 nitrogen and oxygen atoms in total. The summed E-state index contributed by atoms with van der Waals surface area (Å²) >= 11 is 13.7. The van der Waals surface area contributed by atoms with Gasteiger partial charge >= 0.3 is 0 Å². The van der Waals surface area contributed by atoms with Gasteiger partial charge in [-0.2, -0.15) is 0 Å². The van der Waals surface area contributed by atoms with Crippen LogP contribution >= 0.6 is 35.3 Å². The van der Waals surface area contributed by atoms with E-state index in [0.717, 1.165) is 28.7 Å². The predicted octanol–water partition coefficient (Wildman–Crippen LogP) is 3.55. The summed E-state index contributed by atoms with van der Waals surface area (Å²) in [6, 6.07) is 1.94. The quantitative estimate of drug-likeness (QED) is 0.634. The smallest absolute Gasteiger partial charge is 0.0741 e. The van der Waals surface area contributed by atoms with Crippen molar-refractivity contribution in [3.05, 3.63) is 27.9 Å². The Bertz CT molecular complexity index is 538. The van der Waals surface area contributed by atoms with Crippen LogP contribution in [0.15, 0.2) is 12.3 Å². The largest absolute Gasteiger partial charge is 0.358 e. The highest BCUT2D eigenvalue weighted by atomic mass is 35.5. The molecule has 0 spiro atoms. The molecule has 1 aliphatic heterocycles. The maximum atomic E-state index is 6.17. The molecule has 1 aromatic heterocycles. The van der Waals surface area contributed by atoms with E-state index < -0.39 is 0 Å². The van der Waals surface area contributed by atoms with Crippen molar-refractivity contribution in [2.45, 2.75) is 6.54 Å². The molecule has 0 atom stereocenters. The van der Waals surface area contributed by atoms with Crippen molar-refractivity contribution in [2.75, 3.05) is 4.72 Å². The fourth-order valence-corrected chi connectivity index (χ4v) is 3.01. The van der Waals surface area contributed by atoms with Crippen LogP contribution in [0.1, 0.15) is 5.56 Å². The predicted molar refractivity (Wildman–Crippen MR) is 66.4 cm³/mol. The van der Waals surface area contributed by atoms with E-state index in [-0.39, 0.29) is 0 Å². The first kappa shape index (κ1) is 9.66. The maximum Gasteiger partial charge on any atom is 0.0741 e. The Labute approximate surface area is 101 Å². The lowest BCUT2D eigenvalue weighted by molar-refractivity contribution is 0.972. The lowest BCUT2D eigenvalue weighted by atomic mass is 10.1. The Morgan fingerprint density at radius 3 is 3.00 bits per heavy atom. The third-order valence-corrected chi connectivity index (χ3v) is 3.62. The average molecular weight is 260 g/mol. The monoisotopic (exact) mass is 259 g/mol. The number of anilines is 1. The molecule has 15 heavy (non-hydrogen) atoms. The molecule has 1 aromatic carbocycles. The van der Waals surface area contributed by atoms with Gasteiger partial charge in [-0.05, 0) is 11.6 Å². The molecule has 0 saturated carbocycles. The van der Waals surface area contributed by atoms with Gasteiger partial charge in [0, 0.05) is 30.3 Å². The first-order valence-corrected chi connectivity index (χ1v) is 5.97. The van der Waals surface area contributed by atoms with E-state index in [1.165, 1.54) is 12.1 Å². The van der Waals surface area contributed by atoms with Gasteiger partial charge in [0.15, 0.2) is 0 Å². The summed E-state index contributed by atoms with van der Waals surface area (Å²) < 4.78 is 6.34. The van der Waals surface area contributed by atoms with Gasteiger partial charge in [0.1, 0.15) is 0 Å². The number of aromatic amines is 1. The molecule has 1 aliphatic rings. The molecule has 78 valence electrons.